The molecule has 1 aromatic carbocycles. The molecular weight excluding hydrogens is 282 g/mol. The van der Waals surface area contributed by atoms with E-state index in [1.807, 2.05) is 34.5 Å². The Morgan fingerprint density at radius 1 is 1.43 bits per heavy atom. The topological polar surface area (TPSA) is 29.5 Å². The van der Waals surface area contributed by atoms with E-state index in [0.717, 1.165) is 30.7 Å². The zero-order chi connectivity index (χ0) is 14.7. The van der Waals surface area contributed by atoms with Crippen LogP contribution in [0.25, 0.3) is 0 Å². The summed E-state index contributed by atoms with van der Waals surface area (Å²) in [6, 6.07) is 10.3. The lowest BCUT2D eigenvalue weighted by Crippen LogP contribution is -2.31. The SMILES string of the molecule is COc1cccc([C@@H]2CCCN2C(=O)Cc2ccsc2)c1. The van der Waals surface area contributed by atoms with E-state index in [1.54, 1.807) is 18.4 Å². The van der Waals surface area contributed by atoms with Gasteiger partial charge in [-0.1, -0.05) is 12.1 Å². The Bertz CT molecular complexity index is 609. The van der Waals surface area contributed by atoms with Crippen molar-refractivity contribution in [1.82, 2.24) is 4.90 Å². The maximum atomic E-state index is 12.6. The molecule has 0 aliphatic carbocycles. The third-order valence-electron chi connectivity index (χ3n) is 3.99. The Labute approximate surface area is 129 Å². The molecule has 21 heavy (non-hydrogen) atoms. The van der Waals surface area contributed by atoms with Crippen molar-refractivity contribution >= 4 is 17.2 Å². The fourth-order valence-corrected chi connectivity index (χ4v) is 3.60. The molecule has 1 amide bonds. The first-order chi connectivity index (χ1) is 10.3. The highest BCUT2D eigenvalue weighted by Gasteiger charge is 2.29. The first-order valence-electron chi connectivity index (χ1n) is 7.22. The van der Waals surface area contributed by atoms with Gasteiger partial charge in [-0.05, 0) is 52.9 Å². The van der Waals surface area contributed by atoms with Crippen LogP contribution in [0, 0.1) is 0 Å². The van der Waals surface area contributed by atoms with Crippen molar-refractivity contribution in [3.63, 3.8) is 0 Å². The Balaban J connectivity index is 1.76. The minimum Gasteiger partial charge on any atom is -0.497 e. The Morgan fingerprint density at radius 3 is 3.10 bits per heavy atom. The number of benzene rings is 1. The van der Waals surface area contributed by atoms with Crippen LogP contribution in [-0.2, 0) is 11.2 Å². The molecule has 0 unspecified atom stereocenters. The van der Waals surface area contributed by atoms with Crippen LogP contribution in [0.2, 0.25) is 0 Å². The molecule has 1 atom stereocenters. The van der Waals surface area contributed by atoms with Gasteiger partial charge >= 0.3 is 0 Å². The number of hydrogen-bond donors (Lipinski definition) is 0. The molecule has 4 heteroatoms. The van der Waals surface area contributed by atoms with Crippen LogP contribution in [-0.4, -0.2) is 24.5 Å². The first-order valence-corrected chi connectivity index (χ1v) is 8.16. The minimum absolute atomic E-state index is 0.186. The molecule has 1 aromatic heterocycles. The molecule has 0 spiro atoms. The van der Waals surface area contributed by atoms with E-state index in [1.165, 1.54) is 5.56 Å². The number of hydrogen-bond acceptors (Lipinski definition) is 3. The molecule has 1 aliphatic rings. The van der Waals surface area contributed by atoms with Crippen molar-refractivity contribution in [2.24, 2.45) is 0 Å². The summed E-state index contributed by atoms with van der Waals surface area (Å²) in [4.78, 5) is 14.6. The summed E-state index contributed by atoms with van der Waals surface area (Å²) in [5.41, 5.74) is 2.28. The second-order valence-corrected chi connectivity index (χ2v) is 6.11. The summed E-state index contributed by atoms with van der Waals surface area (Å²) in [6.45, 7) is 0.852. The second-order valence-electron chi connectivity index (χ2n) is 5.33. The number of nitrogens with zero attached hydrogens (tertiary/aromatic N) is 1. The van der Waals surface area contributed by atoms with Crippen LogP contribution >= 0.6 is 11.3 Å². The number of thiophene rings is 1. The summed E-state index contributed by atoms with van der Waals surface area (Å²) in [5, 5.41) is 4.07. The van der Waals surface area contributed by atoms with Gasteiger partial charge in [0, 0.05) is 6.54 Å². The third-order valence-corrected chi connectivity index (χ3v) is 4.72. The zero-order valence-corrected chi connectivity index (χ0v) is 12.9. The smallest absolute Gasteiger partial charge is 0.227 e. The molecule has 3 rings (SSSR count). The average molecular weight is 301 g/mol. The van der Waals surface area contributed by atoms with E-state index in [0.29, 0.717) is 6.42 Å². The van der Waals surface area contributed by atoms with E-state index in [4.69, 9.17) is 4.74 Å². The van der Waals surface area contributed by atoms with Gasteiger partial charge in [-0.3, -0.25) is 4.79 Å². The van der Waals surface area contributed by atoms with Crippen molar-refractivity contribution in [2.75, 3.05) is 13.7 Å². The van der Waals surface area contributed by atoms with Crippen LogP contribution in [0.1, 0.15) is 30.0 Å². The van der Waals surface area contributed by atoms with Gasteiger partial charge in [-0.15, -0.1) is 0 Å². The molecule has 1 aliphatic heterocycles. The van der Waals surface area contributed by atoms with Gasteiger partial charge < -0.3 is 9.64 Å². The molecule has 1 saturated heterocycles. The minimum atomic E-state index is 0.186. The highest BCUT2D eigenvalue weighted by atomic mass is 32.1. The van der Waals surface area contributed by atoms with Gasteiger partial charge in [0.25, 0.3) is 0 Å². The lowest BCUT2D eigenvalue weighted by atomic mass is 10.0. The number of carbonyl (C=O) groups is 1. The largest absolute Gasteiger partial charge is 0.497 e. The predicted molar refractivity (Wildman–Crippen MR) is 84.7 cm³/mol. The second kappa shape index (κ2) is 6.31. The number of likely N-dealkylation sites (tertiary alicyclic amines) is 1. The van der Waals surface area contributed by atoms with E-state index < -0.39 is 0 Å². The van der Waals surface area contributed by atoms with Gasteiger partial charge in [0.1, 0.15) is 5.75 Å². The molecule has 2 heterocycles. The normalized spacial score (nSPS) is 18.0. The molecule has 3 nitrogen and oxygen atoms in total. The highest BCUT2D eigenvalue weighted by Crippen LogP contribution is 2.33. The zero-order valence-electron chi connectivity index (χ0n) is 12.1. The van der Waals surface area contributed by atoms with Crippen molar-refractivity contribution < 1.29 is 9.53 Å². The monoisotopic (exact) mass is 301 g/mol. The van der Waals surface area contributed by atoms with Crippen molar-refractivity contribution in [3.05, 3.63) is 52.2 Å². The van der Waals surface area contributed by atoms with E-state index in [9.17, 15) is 4.79 Å². The van der Waals surface area contributed by atoms with E-state index >= 15 is 0 Å². The van der Waals surface area contributed by atoms with Crippen molar-refractivity contribution in [3.8, 4) is 5.75 Å². The Hall–Kier alpha value is -1.81. The Morgan fingerprint density at radius 2 is 2.33 bits per heavy atom. The summed E-state index contributed by atoms with van der Waals surface area (Å²) in [7, 11) is 1.67. The van der Waals surface area contributed by atoms with Crippen LogP contribution in [0.5, 0.6) is 5.75 Å². The number of methoxy groups -OCH3 is 1. The molecule has 2 aromatic rings. The lowest BCUT2D eigenvalue weighted by molar-refractivity contribution is -0.131. The van der Waals surface area contributed by atoms with Crippen LogP contribution in [0.4, 0.5) is 0 Å². The fourth-order valence-electron chi connectivity index (χ4n) is 2.93. The molecular formula is C17H19NO2S. The van der Waals surface area contributed by atoms with Crippen LogP contribution in [0.3, 0.4) is 0 Å². The van der Waals surface area contributed by atoms with E-state index in [-0.39, 0.29) is 11.9 Å². The van der Waals surface area contributed by atoms with Crippen molar-refractivity contribution in [1.29, 1.82) is 0 Å². The standard InChI is InChI=1S/C17H19NO2S/c1-20-15-5-2-4-14(11-15)16-6-3-8-18(16)17(19)10-13-7-9-21-12-13/h2,4-5,7,9,11-12,16H,3,6,8,10H2,1H3/t16-/m0/s1. The number of rotatable bonds is 4. The number of ether oxygens (including phenoxy) is 1. The molecule has 0 radical (unpaired) electrons. The Kier molecular flexibility index (Phi) is 4.25. The highest BCUT2D eigenvalue weighted by molar-refractivity contribution is 7.07. The summed E-state index contributed by atoms with van der Waals surface area (Å²) in [5.74, 6) is 1.07. The molecule has 0 bridgehead atoms. The third kappa shape index (κ3) is 3.10. The van der Waals surface area contributed by atoms with Gasteiger partial charge in [0.2, 0.25) is 5.91 Å². The summed E-state index contributed by atoms with van der Waals surface area (Å²) < 4.78 is 5.29. The van der Waals surface area contributed by atoms with Gasteiger partial charge in [0.15, 0.2) is 0 Å². The molecule has 0 saturated carbocycles. The number of amides is 1. The van der Waals surface area contributed by atoms with Crippen LogP contribution in [0.15, 0.2) is 41.1 Å². The lowest BCUT2D eigenvalue weighted by Gasteiger charge is -2.25. The molecule has 110 valence electrons. The van der Waals surface area contributed by atoms with Gasteiger partial charge in [-0.2, -0.15) is 11.3 Å². The van der Waals surface area contributed by atoms with Crippen molar-refractivity contribution in [2.45, 2.75) is 25.3 Å². The molecule has 0 N–H and O–H groups in total. The van der Waals surface area contributed by atoms with Gasteiger partial charge in [-0.25, -0.2) is 0 Å². The first kappa shape index (κ1) is 14.1. The number of carbonyl (C=O) groups excluding carboxylic acids is 1. The predicted octanol–water partition coefficient (Wildman–Crippen LogP) is 3.66. The maximum absolute atomic E-state index is 12.6. The average Bonchev–Trinajstić information content (AvgIpc) is 3.18. The quantitative estimate of drug-likeness (QED) is 0.862. The van der Waals surface area contributed by atoms with Crippen LogP contribution < -0.4 is 4.74 Å². The summed E-state index contributed by atoms with van der Waals surface area (Å²) in [6.07, 6.45) is 2.60. The molecule has 1 fully saturated rings. The van der Waals surface area contributed by atoms with E-state index in [2.05, 4.69) is 11.4 Å². The summed E-state index contributed by atoms with van der Waals surface area (Å²) >= 11 is 1.64. The van der Waals surface area contributed by atoms with Gasteiger partial charge in [0.05, 0.1) is 19.6 Å². The fraction of sp³-hybridized carbons (Fsp3) is 0.353. The maximum Gasteiger partial charge on any atom is 0.227 e.